The lowest BCUT2D eigenvalue weighted by molar-refractivity contribution is -0.122. The van der Waals surface area contributed by atoms with Crippen LogP contribution in [0, 0.1) is 6.92 Å². The number of ether oxygens (including phenoxy) is 1. The number of aromatic nitrogens is 2. The third-order valence-electron chi connectivity index (χ3n) is 5.00. The van der Waals surface area contributed by atoms with Gasteiger partial charge in [-0.3, -0.25) is 9.10 Å². The molecule has 0 radical (unpaired) electrons. The van der Waals surface area contributed by atoms with Crippen LogP contribution >= 0.6 is 0 Å². The van der Waals surface area contributed by atoms with E-state index in [4.69, 9.17) is 4.74 Å². The van der Waals surface area contributed by atoms with Gasteiger partial charge in [0.25, 0.3) is 0 Å². The maximum Gasteiger partial charge on any atom is 0.243 e. The first kappa shape index (κ1) is 23.3. The topological polar surface area (TPSA) is 93.5 Å². The fourth-order valence-electron chi connectivity index (χ4n) is 3.43. The Balaban J connectivity index is 1.69. The number of aryl methyl sites for hydroxylation is 1. The molecule has 32 heavy (non-hydrogen) atoms. The molecule has 1 aromatic heterocycles. The van der Waals surface area contributed by atoms with Crippen molar-refractivity contribution in [1.29, 1.82) is 0 Å². The molecule has 1 amide bonds. The fourth-order valence-corrected chi connectivity index (χ4v) is 4.60. The van der Waals surface area contributed by atoms with Gasteiger partial charge in [0.1, 0.15) is 17.6 Å². The van der Waals surface area contributed by atoms with E-state index in [1.807, 2.05) is 48.9 Å². The van der Waals surface area contributed by atoms with Gasteiger partial charge >= 0.3 is 0 Å². The van der Waals surface area contributed by atoms with Crippen molar-refractivity contribution in [3.05, 3.63) is 72.3 Å². The summed E-state index contributed by atoms with van der Waals surface area (Å²) < 4.78 is 33.4. The molecule has 1 N–H and O–H groups in total. The average Bonchev–Trinajstić information content (AvgIpc) is 3.19. The van der Waals surface area contributed by atoms with Crippen molar-refractivity contribution >= 4 is 21.6 Å². The fraction of sp³-hybridized carbons (Fsp3) is 0.304. The first-order valence-electron chi connectivity index (χ1n) is 10.3. The first-order valence-corrected chi connectivity index (χ1v) is 12.1. The van der Waals surface area contributed by atoms with Crippen LogP contribution in [0.4, 0.5) is 5.69 Å². The number of nitrogens with zero attached hydrogens (tertiary/aromatic N) is 3. The van der Waals surface area contributed by atoms with Crippen LogP contribution in [0.5, 0.6) is 5.75 Å². The number of hydrogen-bond acceptors (Lipinski definition) is 5. The van der Waals surface area contributed by atoms with Gasteiger partial charge in [-0.1, -0.05) is 12.1 Å². The standard InChI is InChI=1S/C23H28N4O4S/c1-5-31-22-12-10-21(11-13-22)27(32(4,29)30)17(2)23(28)25-16-19-6-8-20(9-7-19)26-15-14-24-18(26)3/h6-15,17H,5,16H2,1-4H3,(H,25,28). The predicted molar refractivity (Wildman–Crippen MR) is 125 cm³/mol. The SMILES string of the molecule is CCOc1ccc(N(C(C)C(=O)NCc2ccc(-n3ccnc3C)cc2)S(C)(=O)=O)cc1. The maximum atomic E-state index is 12.8. The summed E-state index contributed by atoms with van der Waals surface area (Å²) >= 11 is 0. The summed E-state index contributed by atoms with van der Waals surface area (Å²) in [7, 11) is -3.68. The van der Waals surface area contributed by atoms with Gasteiger partial charge in [0, 0.05) is 24.6 Å². The van der Waals surface area contributed by atoms with Crippen molar-refractivity contribution in [1.82, 2.24) is 14.9 Å². The van der Waals surface area contributed by atoms with E-state index in [-0.39, 0.29) is 12.5 Å². The summed E-state index contributed by atoms with van der Waals surface area (Å²) in [5, 5.41) is 2.83. The van der Waals surface area contributed by atoms with Crippen LogP contribution in [-0.4, -0.2) is 42.8 Å². The van der Waals surface area contributed by atoms with Crippen molar-refractivity contribution in [2.75, 3.05) is 17.2 Å². The third kappa shape index (κ3) is 5.47. The zero-order valence-electron chi connectivity index (χ0n) is 18.6. The zero-order chi connectivity index (χ0) is 23.3. The molecular weight excluding hydrogens is 428 g/mol. The highest BCUT2D eigenvalue weighted by Gasteiger charge is 2.29. The van der Waals surface area contributed by atoms with Crippen LogP contribution in [0.2, 0.25) is 0 Å². The van der Waals surface area contributed by atoms with Crippen LogP contribution in [0.1, 0.15) is 25.2 Å². The van der Waals surface area contributed by atoms with Crippen molar-refractivity contribution < 1.29 is 17.9 Å². The van der Waals surface area contributed by atoms with Gasteiger partial charge in [0.15, 0.2) is 0 Å². The summed E-state index contributed by atoms with van der Waals surface area (Å²) in [5.41, 5.74) is 2.28. The highest BCUT2D eigenvalue weighted by Crippen LogP contribution is 2.24. The number of benzene rings is 2. The number of imidazole rings is 1. The molecular formula is C23H28N4O4S. The van der Waals surface area contributed by atoms with Crippen molar-refractivity contribution in [2.45, 2.75) is 33.4 Å². The number of hydrogen-bond donors (Lipinski definition) is 1. The summed E-state index contributed by atoms with van der Waals surface area (Å²) in [6.45, 7) is 6.16. The molecule has 2 aromatic carbocycles. The molecule has 1 heterocycles. The van der Waals surface area contributed by atoms with Crippen molar-refractivity contribution in [3.8, 4) is 11.4 Å². The molecule has 3 aromatic rings. The number of carbonyl (C=O) groups is 1. The third-order valence-corrected chi connectivity index (χ3v) is 6.24. The van der Waals surface area contributed by atoms with Gasteiger partial charge < -0.3 is 14.6 Å². The number of amides is 1. The van der Waals surface area contributed by atoms with E-state index in [1.165, 1.54) is 0 Å². The molecule has 0 aliphatic carbocycles. The smallest absolute Gasteiger partial charge is 0.243 e. The Morgan fingerprint density at radius 1 is 1.16 bits per heavy atom. The lowest BCUT2D eigenvalue weighted by Gasteiger charge is -2.28. The Bertz CT molecular complexity index is 1160. The maximum absolute atomic E-state index is 12.8. The van der Waals surface area contributed by atoms with Gasteiger partial charge in [0.2, 0.25) is 15.9 Å². The summed E-state index contributed by atoms with van der Waals surface area (Å²) in [6, 6.07) is 13.4. The number of carbonyl (C=O) groups excluding carboxylic acids is 1. The normalized spacial score (nSPS) is 12.2. The van der Waals surface area contributed by atoms with Gasteiger partial charge in [-0.25, -0.2) is 13.4 Å². The molecule has 0 saturated heterocycles. The highest BCUT2D eigenvalue weighted by atomic mass is 32.2. The van der Waals surface area contributed by atoms with Crippen LogP contribution in [0.15, 0.2) is 60.9 Å². The Hall–Kier alpha value is -3.33. The Kier molecular flexibility index (Phi) is 7.19. The second-order valence-electron chi connectivity index (χ2n) is 7.39. The Morgan fingerprint density at radius 3 is 2.34 bits per heavy atom. The molecule has 0 bridgehead atoms. The van der Waals surface area contributed by atoms with E-state index in [0.717, 1.165) is 27.6 Å². The molecule has 0 aliphatic rings. The second kappa shape index (κ2) is 9.86. The first-order chi connectivity index (χ1) is 15.2. The molecule has 8 nitrogen and oxygen atoms in total. The van der Waals surface area contributed by atoms with Crippen LogP contribution in [-0.2, 0) is 21.4 Å². The van der Waals surface area contributed by atoms with E-state index in [2.05, 4.69) is 10.3 Å². The summed E-state index contributed by atoms with van der Waals surface area (Å²) in [4.78, 5) is 17.0. The minimum absolute atomic E-state index is 0.285. The van der Waals surface area contributed by atoms with Gasteiger partial charge in [-0.05, 0) is 62.7 Å². The predicted octanol–water partition coefficient (Wildman–Crippen LogP) is 3.05. The van der Waals surface area contributed by atoms with Crippen LogP contribution < -0.4 is 14.4 Å². The van der Waals surface area contributed by atoms with Gasteiger partial charge in [0.05, 0.1) is 18.6 Å². The summed E-state index contributed by atoms with van der Waals surface area (Å²) in [5.74, 6) is 1.13. The molecule has 1 atom stereocenters. The van der Waals surface area contributed by atoms with Crippen LogP contribution in [0.25, 0.3) is 5.69 Å². The molecule has 0 spiro atoms. The molecule has 170 valence electrons. The number of rotatable bonds is 9. The quantitative estimate of drug-likeness (QED) is 0.534. The van der Waals surface area contributed by atoms with E-state index in [0.29, 0.717) is 18.0 Å². The zero-order valence-corrected chi connectivity index (χ0v) is 19.5. The van der Waals surface area contributed by atoms with E-state index >= 15 is 0 Å². The average molecular weight is 457 g/mol. The van der Waals surface area contributed by atoms with E-state index < -0.39 is 16.1 Å². The molecule has 1 unspecified atom stereocenters. The van der Waals surface area contributed by atoms with Gasteiger partial charge in [-0.15, -0.1) is 0 Å². The van der Waals surface area contributed by atoms with Gasteiger partial charge in [-0.2, -0.15) is 0 Å². The number of nitrogens with one attached hydrogen (secondary N) is 1. The molecule has 9 heteroatoms. The van der Waals surface area contributed by atoms with Crippen molar-refractivity contribution in [2.24, 2.45) is 0 Å². The minimum Gasteiger partial charge on any atom is -0.494 e. The number of anilines is 1. The number of sulfonamides is 1. The molecule has 0 aliphatic heterocycles. The van der Waals surface area contributed by atoms with E-state index in [9.17, 15) is 13.2 Å². The Labute approximate surface area is 188 Å². The molecule has 0 saturated carbocycles. The van der Waals surface area contributed by atoms with Crippen molar-refractivity contribution in [3.63, 3.8) is 0 Å². The lowest BCUT2D eigenvalue weighted by atomic mass is 10.2. The molecule has 3 rings (SSSR count). The largest absolute Gasteiger partial charge is 0.494 e. The second-order valence-corrected chi connectivity index (χ2v) is 9.25. The van der Waals surface area contributed by atoms with Crippen LogP contribution in [0.3, 0.4) is 0 Å². The summed E-state index contributed by atoms with van der Waals surface area (Å²) in [6.07, 6.45) is 4.71. The molecule has 0 fully saturated rings. The monoisotopic (exact) mass is 456 g/mol. The highest BCUT2D eigenvalue weighted by molar-refractivity contribution is 7.92. The van der Waals surface area contributed by atoms with E-state index in [1.54, 1.807) is 37.4 Å². The minimum atomic E-state index is -3.68. The Morgan fingerprint density at radius 2 is 1.81 bits per heavy atom. The lowest BCUT2D eigenvalue weighted by Crippen LogP contribution is -2.47.